The van der Waals surface area contributed by atoms with Gasteiger partial charge in [-0.1, -0.05) is 5.92 Å². The number of nitrogens with zero attached hydrogens (tertiary/aromatic N) is 4. The van der Waals surface area contributed by atoms with E-state index in [0.29, 0.717) is 31.0 Å². The molecule has 3 heterocycles. The Kier molecular flexibility index (Phi) is 4.84. The quantitative estimate of drug-likeness (QED) is 0.776. The number of nitrogens with one attached hydrogen (secondary N) is 1. The zero-order chi connectivity index (χ0) is 20.5. The van der Waals surface area contributed by atoms with Crippen LogP contribution < -0.4 is 15.1 Å². The van der Waals surface area contributed by atoms with Gasteiger partial charge in [-0.2, -0.15) is 5.10 Å². The molecule has 2 aromatic rings. The van der Waals surface area contributed by atoms with E-state index in [4.69, 9.17) is 11.2 Å². The lowest BCUT2D eigenvalue weighted by atomic mass is 10.2. The number of cyclic esters (lactones) is 1. The highest BCUT2D eigenvalue weighted by Gasteiger charge is 2.33. The van der Waals surface area contributed by atoms with Gasteiger partial charge in [0.05, 0.1) is 42.9 Å². The molecule has 2 aliphatic heterocycles. The number of fused-ring (bicyclic) bond motifs is 1. The van der Waals surface area contributed by atoms with Gasteiger partial charge in [0, 0.05) is 19.0 Å². The Morgan fingerprint density at radius 1 is 1.45 bits per heavy atom. The van der Waals surface area contributed by atoms with E-state index in [9.17, 15) is 14.0 Å². The molecule has 9 heteroatoms. The molecule has 0 radical (unpaired) electrons. The number of carbonyl (C=O) groups excluding carboxylic acids is 2. The Morgan fingerprint density at radius 3 is 3.00 bits per heavy atom. The van der Waals surface area contributed by atoms with Crippen molar-refractivity contribution in [2.45, 2.75) is 32.7 Å². The minimum absolute atomic E-state index is 0.202. The minimum atomic E-state index is -0.560. The summed E-state index contributed by atoms with van der Waals surface area (Å²) in [4.78, 5) is 26.4. The molecule has 1 aromatic carbocycles. The zero-order valence-corrected chi connectivity index (χ0v) is 15.9. The zero-order valence-electron chi connectivity index (χ0n) is 15.9. The molecule has 1 atom stereocenters. The van der Waals surface area contributed by atoms with Crippen LogP contribution in [0.15, 0.2) is 24.4 Å². The lowest BCUT2D eigenvalue weighted by molar-refractivity contribution is -0.119. The predicted octanol–water partition coefficient (Wildman–Crippen LogP) is 1.64. The van der Waals surface area contributed by atoms with Gasteiger partial charge in [0.1, 0.15) is 18.5 Å². The fourth-order valence-corrected chi connectivity index (χ4v) is 3.62. The normalized spacial score (nSPS) is 17.8. The van der Waals surface area contributed by atoms with E-state index in [-0.39, 0.29) is 19.0 Å². The van der Waals surface area contributed by atoms with E-state index in [1.54, 1.807) is 23.0 Å². The molecule has 29 heavy (non-hydrogen) atoms. The largest absolute Gasteiger partial charge is 0.442 e. The topological polar surface area (TPSA) is 79.7 Å². The molecule has 0 saturated carbocycles. The van der Waals surface area contributed by atoms with Crippen LogP contribution in [0.2, 0.25) is 0 Å². The minimum Gasteiger partial charge on any atom is -0.442 e. The highest BCUT2D eigenvalue weighted by Crippen LogP contribution is 2.33. The molecule has 0 bridgehead atoms. The van der Waals surface area contributed by atoms with Crippen LogP contribution in [0.1, 0.15) is 18.2 Å². The number of ether oxygens (including phenoxy) is 1. The summed E-state index contributed by atoms with van der Waals surface area (Å²) in [5, 5.41) is 6.87. The number of terminal acetylenes is 1. The maximum absolute atomic E-state index is 14.9. The van der Waals surface area contributed by atoms with Gasteiger partial charge in [-0.15, -0.1) is 6.42 Å². The van der Waals surface area contributed by atoms with Crippen molar-refractivity contribution in [3.8, 4) is 12.3 Å². The third-order valence-corrected chi connectivity index (χ3v) is 5.01. The number of halogens is 1. The van der Waals surface area contributed by atoms with Gasteiger partial charge >= 0.3 is 6.09 Å². The van der Waals surface area contributed by atoms with E-state index in [1.165, 1.54) is 17.9 Å². The van der Waals surface area contributed by atoms with Crippen molar-refractivity contribution in [2.24, 2.45) is 0 Å². The van der Waals surface area contributed by atoms with E-state index in [2.05, 4.69) is 16.3 Å². The average molecular weight is 397 g/mol. The van der Waals surface area contributed by atoms with Gasteiger partial charge in [0.2, 0.25) is 5.91 Å². The van der Waals surface area contributed by atoms with Gasteiger partial charge in [0.15, 0.2) is 0 Å². The van der Waals surface area contributed by atoms with E-state index in [0.717, 1.165) is 11.3 Å². The number of aromatic nitrogens is 2. The number of rotatable bonds is 5. The maximum atomic E-state index is 14.9. The Morgan fingerprint density at radius 2 is 2.28 bits per heavy atom. The third-order valence-electron chi connectivity index (χ3n) is 5.01. The molecule has 1 saturated heterocycles. The molecule has 1 aromatic heterocycles. The Balaban J connectivity index is 1.47. The van der Waals surface area contributed by atoms with Gasteiger partial charge in [-0.3, -0.25) is 14.4 Å². The first-order valence-corrected chi connectivity index (χ1v) is 9.20. The first kappa shape index (κ1) is 18.8. The molecule has 1 fully saturated rings. The molecular weight excluding hydrogens is 377 g/mol. The van der Waals surface area contributed by atoms with Crippen molar-refractivity contribution < 1.29 is 18.7 Å². The van der Waals surface area contributed by atoms with Crippen molar-refractivity contribution in [3.05, 3.63) is 41.5 Å². The monoisotopic (exact) mass is 397 g/mol. The maximum Gasteiger partial charge on any atom is 0.414 e. The molecule has 0 unspecified atom stereocenters. The van der Waals surface area contributed by atoms with Crippen LogP contribution in [-0.2, 0) is 29.2 Å². The number of anilines is 2. The number of hydrogen-bond acceptors (Lipinski definition) is 5. The lowest BCUT2D eigenvalue weighted by Crippen LogP contribution is -2.33. The number of hydrogen-bond donors (Lipinski definition) is 1. The number of carbonyl (C=O) groups is 2. The predicted molar refractivity (Wildman–Crippen MR) is 104 cm³/mol. The highest BCUT2D eigenvalue weighted by atomic mass is 19.1. The summed E-state index contributed by atoms with van der Waals surface area (Å²) in [5.41, 5.74) is 2.86. The fourth-order valence-electron chi connectivity index (χ4n) is 3.62. The molecule has 0 spiro atoms. The van der Waals surface area contributed by atoms with Crippen LogP contribution in [0.5, 0.6) is 0 Å². The van der Waals surface area contributed by atoms with E-state index in [1.807, 2.05) is 4.90 Å². The summed E-state index contributed by atoms with van der Waals surface area (Å²) in [6.07, 6.45) is 6.09. The molecular formula is C20H20FN5O3. The summed E-state index contributed by atoms with van der Waals surface area (Å²) < 4.78 is 21.9. The summed E-state index contributed by atoms with van der Waals surface area (Å²) in [6, 6.07) is 4.68. The molecule has 150 valence electrons. The fraction of sp³-hybridized carbons (Fsp3) is 0.350. The van der Waals surface area contributed by atoms with Crippen LogP contribution in [-0.4, -0.2) is 41.0 Å². The second-order valence-corrected chi connectivity index (χ2v) is 7.02. The summed E-state index contributed by atoms with van der Waals surface area (Å²) in [7, 11) is 0. The lowest BCUT2D eigenvalue weighted by Gasteiger charge is -2.21. The molecule has 1 N–H and O–H groups in total. The smallest absolute Gasteiger partial charge is 0.414 e. The Hall–Kier alpha value is -3.54. The highest BCUT2D eigenvalue weighted by molar-refractivity contribution is 5.90. The SMILES string of the molecule is C#CCn1ncc2c1CN(c1ccc(N3C[C@H](CNC(C)=O)OC3=O)cc1F)C2. The molecule has 8 nitrogen and oxygen atoms in total. The van der Waals surface area contributed by atoms with E-state index >= 15 is 0 Å². The van der Waals surface area contributed by atoms with Crippen molar-refractivity contribution in [3.63, 3.8) is 0 Å². The van der Waals surface area contributed by atoms with Gasteiger partial charge in [-0.05, 0) is 18.2 Å². The average Bonchev–Trinajstić information content (AvgIpc) is 3.35. The first-order chi connectivity index (χ1) is 14.0. The summed E-state index contributed by atoms with van der Waals surface area (Å²) in [5.74, 6) is 1.93. The van der Waals surface area contributed by atoms with Crippen LogP contribution in [0.25, 0.3) is 0 Å². The third kappa shape index (κ3) is 3.61. The first-order valence-electron chi connectivity index (χ1n) is 9.20. The van der Waals surface area contributed by atoms with Gasteiger partial charge < -0.3 is 15.0 Å². The van der Waals surface area contributed by atoms with Gasteiger partial charge in [0.25, 0.3) is 0 Å². The molecule has 4 rings (SSSR count). The van der Waals surface area contributed by atoms with E-state index < -0.39 is 18.0 Å². The standard InChI is InChI=1S/C20H20FN5O3/c1-3-6-26-19-12-24(10-14(19)8-23-26)18-5-4-15(7-17(18)21)25-11-16(29-20(25)28)9-22-13(2)27/h1,4-5,7-8,16H,6,9-12H2,2H3,(H,22,27)/t16-/m0/s1. The number of amides is 2. The second kappa shape index (κ2) is 7.47. The molecule has 2 amide bonds. The van der Waals surface area contributed by atoms with Crippen LogP contribution in [0.4, 0.5) is 20.6 Å². The number of benzene rings is 1. The summed E-state index contributed by atoms with van der Waals surface area (Å²) in [6.45, 7) is 3.29. The Bertz CT molecular complexity index is 1010. The van der Waals surface area contributed by atoms with Crippen molar-refractivity contribution in [2.75, 3.05) is 22.9 Å². The van der Waals surface area contributed by atoms with Crippen molar-refractivity contribution >= 4 is 23.4 Å². The van der Waals surface area contributed by atoms with Crippen LogP contribution in [0.3, 0.4) is 0 Å². The van der Waals surface area contributed by atoms with Crippen molar-refractivity contribution in [1.82, 2.24) is 15.1 Å². The van der Waals surface area contributed by atoms with Gasteiger partial charge in [-0.25, -0.2) is 9.18 Å². The van der Waals surface area contributed by atoms with Crippen LogP contribution >= 0.6 is 0 Å². The van der Waals surface area contributed by atoms with Crippen LogP contribution in [0, 0.1) is 18.2 Å². The van der Waals surface area contributed by atoms with Crippen molar-refractivity contribution in [1.29, 1.82) is 0 Å². The molecule has 0 aliphatic carbocycles. The Labute approximate surface area is 167 Å². The second-order valence-electron chi connectivity index (χ2n) is 7.02. The summed E-state index contributed by atoms with van der Waals surface area (Å²) >= 11 is 0. The molecule has 2 aliphatic rings.